The first kappa shape index (κ1) is 13.6. The average Bonchev–Trinajstić information content (AvgIpc) is 2.27. The lowest BCUT2D eigenvalue weighted by atomic mass is 9.88. The second kappa shape index (κ2) is 5.21. The van der Waals surface area contributed by atoms with E-state index in [9.17, 15) is 4.79 Å². The zero-order valence-corrected chi connectivity index (χ0v) is 11.0. The fourth-order valence-electron chi connectivity index (χ4n) is 1.61. The lowest BCUT2D eigenvalue weighted by molar-refractivity contribution is -0.128. The highest BCUT2D eigenvalue weighted by Crippen LogP contribution is 2.27. The first-order valence-corrected chi connectivity index (χ1v) is 5.89. The Labute approximate surface area is 103 Å². The molecule has 1 aromatic carbocycles. The van der Waals surface area contributed by atoms with Crippen LogP contribution in [0, 0.1) is 19.3 Å². The third-order valence-corrected chi connectivity index (χ3v) is 3.32. The highest BCUT2D eigenvalue weighted by atomic mass is 16.5. The molecule has 0 spiro atoms. The number of benzene rings is 1. The van der Waals surface area contributed by atoms with Crippen molar-refractivity contribution in [2.24, 2.45) is 11.1 Å². The molecule has 0 aliphatic heterocycles. The molecule has 2 N–H and O–H groups in total. The first-order valence-electron chi connectivity index (χ1n) is 5.89. The van der Waals surface area contributed by atoms with Gasteiger partial charge in [0.1, 0.15) is 12.4 Å². The van der Waals surface area contributed by atoms with Gasteiger partial charge in [0.15, 0.2) is 0 Å². The van der Waals surface area contributed by atoms with Crippen LogP contribution in [0.4, 0.5) is 0 Å². The number of carbonyl (C=O) groups is 1. The van der Waals surface area contributed by atoms with Crippen LogP contribution in [0.1, 0.15) is 31.4 Å². The number of hydrogen-bond acceptors (Lipinski definition) is 2. The van der Waals surface area contributed by atoms with E-state index in [4.69, 9.17) is 10.5 Å². The van der Waals surface area contributed by atoms with Gasteiger partial charge in [-0.1, -0.05) is 25.1 Å². The van der Waals surface area contributed by atoms with Crippen molar-refractivity contribution in [3.05, 3.63) is 29.3 Å². The summed E-state index contributed by atoms with van der Waals surface area (Å²) in [6, 6.07) is 5.98. The number of ether oxygens (including phenoxy) is 1. The molecule has 0 saturated heterocycles. The SMILES string of the molecule is CCC(C)(COc1c(C)cccc1C)C(N)=O. The molecule has 0 aliphatic rings. The van der Waals surface area contributed by atoms with Crippen molar-refractivity contribution in [3.63, 3.8) is 0 Å². The molecule has 1 aromatic rings. The van der Waals surface area contributed by atoms with Crippen LogP contribution in [-0.4, -0.2) is 12.5 Å². The van der Waals surface area contributed by atoms with Gasteiger partial charge in [0.25, 0.3) is 0 Å². The summed E-state index contributed by atoms with van der Waals surface area (Å²) in [5, 5.41) is 0. The van der Waals surface area contributed by atoms with Crippen molar-refractivity contribution in [1.82, 2.24) is 0 Å². The average molecular weight is 235 g/mol. The first-order chi connectivity index (χ1) is 7.90. The van der Waals surface area contributed by atoms with Crippen molar-refractivity contribution in [1.29, 1.82) is 0 Å². The number of primary amides is 1. The van der Waals surface area contributed by atoms with Gasteiger partial charge in [0.2, 0.25) is 5.91 Å². The standard InChI is InChI=1S/C14H21NO2/c1-5-14(4,13(15)16)9-17-12-10(2)7-6-8-11(12)3/h6-8H,5,9H2,1-4H3,(H2,15,16). The van der Waals surface area contributed by atoms with Crippen molar-refractivity contribution < 1.29 is 9.53 Å². The highest BCUT2D eigenvalue weighted by Gasteiger charge is 2.30. The van der Waals surface area contributed by atoms with Crippen LogP contribution in [-0.2, 0) is 4.79 Å². The van der Waals surface area contributed by atoms with Crippen LogP contribution in [0.25, 0.3) is 0 Å². The minimum absolute atomic E-state index is 0.314. The molecule has 1 amide bonds. The highest BCUT2D eigenvalue weighted by molar-refractivity contribution is 5.80. The van der Waals surface area contributed by atoms with Gasteiger partial charge >= 0.3 is 0 Å². The normalized spacial score (nSPS) is 14.1. The quantitative estimate of drug-likeness (QED) is 0.852. The fourth-order valence-corrected chi connectivity index (χ4v) is 1.61. The number of hydrogen-bond donors (Lipinski definition) is 1. The molecule has 1 rings (SSSR count). The van der Waals surface area contributed by atoms with Gasteiger partial charge in [0, 0.05) is 0 Å². The molecular weight excluding hydrogens is 214 g/mol. The summed E-state index contributed by atoms with van der Waals surface area (Å²) in [5.41, 5.74) is 6.95. The molecule has 0 aromatic heterocycles. The predicted octanol–water partition coefficient (Wildman–Crippen LogP) is 2.58. The van der Waals surface area contributed by atoms with E-state index in [1.54, 1.807) is 0 Å². The number of rotatable bonds is 5. The van der Waals surface area contributed by atoms with Crippen molar-refractivity contribution in [2.75, 3.05) is 6.61 Å². The molecule has 0 fully saturated rings. The second-order valence-corrected chi connectivity index (χ2v) is 4.79. The van der Waals surface area contributed by atoms with Gasteiger partial charge < -0.3 is 10.5 Å². The molecule has 1 atom stereocenters. The summed E-state index contributed by atoms with van der Waals surface area (Å²) in [6.45, 7) is 8.10. The Morgan fingerprint density at radius 3 is 2.29 bits per heavy atom. The Morgan fingerprint density at radius 1 is 1.35 bits per heavy atom. The van der Waals surface area contributed by atoms with Gasteiger partial charge in [-0.15, -0.1) is 0 Å². The Morgan fingerprint density at radius 2 is 1.88 bits per heavy atom. The summed E-state index contributed by atoms with van der Waals surface area (Å²) >= 11 is 0. The lowest BCUT2D eigenvalue weighted by Crippen LogP contribution is -2.39. The van der Waals surface area contributed by atoms with Gasteiger partial charge in [-0.3, -0.25) is 4.79 Å². The van der Waals surface area contributed by atoms with Crippen LogP contribution < -0.4 is 10.5 Å². The Bertz CT molecular complexity index is 394. The van der Waals surface area contributed by atoms with E-state index in [1.807, 2.05) is 45.9 Å². The topological polar surface area (TPSA) is 52.3 Å². The van der Waals surface area contributed by atoms with Crippen LogP contribution in [0.5, 0.6) is 5.75 Å². The van der Waals surface area contributed by atoms with Gasteiger partial charge in [-0.25, -0.2) is 0 Å². The molecule has 0 radical (unpaired) electrons. The smallest absolute Gasteiger partial charge is 0.226 e. The molecular formula is C14H21NO2. The van der Waals surface area contributed by atoms with Crippen molar-refractivity contribution >= 4 is 5.91 Å². The molecule has 3 heteroatoms. The van der Waals surface area contributed by atoms with E-state index >= 15 is 0 Å². The molecule has 1 unspecified atom stereocenters. The molecule has 3 nitrogen and oxygen atoms in total. The van der Waals surface area contributed by atoms with Crippen molar-refractivity contribution in [2.45, 2.75) is 34.1 Å². The van der Waals surface area contributed by atoms with Crippen LogP contribution in [0.2, 0.25) is 0 Å². The lowest BCUT2D eigenvalue weighted by Gasteiger charge is -2.25. The van der Waals surface area contributed by atoms with Gasteiger partial charge in [0.05, 0.1) is 5.41 Å². The maximum atomic E-state index is 11.4. The maximum absolute atomic E-state index is 11.4. The molecule has 0 heterocycles. The number of nitrogens with two attached hydrogens (primary N) is 1. The molecule has 0 bridgehead atoms. The minimum atomic E-state index is -0.602. The Kier molecular flexibility index (Phi) is 4.16. The summed E-state index contributed by atoms with van der Waals surface area (Å²) in [6.07, 6.45) is 0.674. The third kappa shape index (κ3) is 2.99. The second-order valence-electron chi connectivity index (χ2n) is 4.79. The van der Waals surface area contributed by atoms with E-state index in [0.29, 0.717) is 13.0 Å². The summed E-state index contributed by atoms with van der Waals surface area (Å²) in [5.74, 6) is 0.541. The fraction of sp³-hybridized carbons (Fsp3) is 0.500. The Hall–Kier alpha value is -1.51. The van der Waals surface area contributed by atoms with Crippen LogP contribution in [0.15, 0.2) is 18.2 Å². The largest absolute Gasteiger partial charge is 0.492 e. The van der Waals surface area contributed by atoms with Crippen LogP contribution in [0.3, 0.4) is 0 Å². The van der Waals surface area contributed by atoms with E-state index in [1.165, 1.54) is 0 Å². The summed E-state index contributed by atoms with van der Waals surface area (Å²) in [7, 11) is 0. The summed E-state index contributed by atoms with van der Waals surface area (Å²) in [4.78, 5) is 11.4. The zero-order chi connectivity index (χ0) is 13.1. The monoisotopic (exact) mass is 235 g/mol. The van der Waals surface area contributed by atoms with E-state index < -0.39 is 5.41 Å². The van der Waals surface area contributed by atoms with Crippen LogP contribution >= 0.6 is 0 Å². The number of carbonyl (C=O) groups excluding carboxylic acids is 1. The summed E-state index contributed by atoms with van der Waals surface area (Å²) < 4.78 is 5.78. The van der Waals surface area contributed by atoms with E-state index in [2.05, 4.69) is 0 Å². The molecule has 17 heavy (non-hydrogen) atoms. The van der Waals surface area contributed by atoms with Gasteiger partial charge in [-0.05, 0) is 38.3 Å². The predicted molar refractivity (Wildman–Crippen MR) is 69.0 cm³/mol. The molecule has 0 aliphatic carbocycles. The number of para-hydroxylation sites is 1. The van der Waals surface area contributed by atoms with Gasteiger partial charge in [-0.2, -0.15) is 0 Å². The minimum Gasteiger partial charge on any atom is -0.492 e. The molecule has 0 saturated carbocycles. The van der Waals surface area contributed by atoms with Crippen molar-refractivity contribution in [3.8, 4) is 5.75 Å². The zero-order valence-electron chi connectivity index (χ0n) is 11.0. The number of amides is 1. The maximum Gasteiger partial charge on any atom is 0.226 e. The van der Waals surface area contributed by atoms with E-state index in [0.717, 1.165) is 16.9 Å². The molecule has 94 valence electrons. The number of aryl methyl sites for hydroxylation is 2. The third-order valence-electron chi connectivity index (χ3n) is 3.32. The van der Waals surface area contributed by atoms with E-state index in [-0.39, 0.29) is 5.91 Å². The Balaban J connectivity index is 2.83.